The van der Waals surface area contributed by atoms with Crippen molar-refractivity contribution in [3.05, 3.63) is 87.2 Å². The molecule has 2 aromatic carbocycles. The fourth-order valence-electron chi connectivity index (χ4n) is 2.20. The van der Waals surface area contributed by atoms with Gasteiger partial charge in [-0.15, -0.1) is 11.3 Å². The van der Waals surface area contributed by atoms with Gasteiger partial charge in [0.05, 0.1) is 9.90 Å². The highest BCUT2D eigenvalue weighted by Crippen LogP contribution is 2.29. The number of halogens is 1. The zero-order valence-electron chi connectivity index (χ0n) is 13.9. The van der Waals surface area contributed by atoms with Gasteiger partial charge < -0.3 is 15.2 Å². The maximum atomic E-state index is 12.1. The zero-order valence-corrected chi connectivity index (χ0v) is 15.5. The van der Waals surface area contributed by atoms with Crippen molar-refractivity contribution in [2.24, 2.45) is 0 Å². The minimum Gasteiger partial charge on any atom is -0.477 e. The van der Waals surface area contributed by atoms with Crippen molar-refractivity contribution >= 4 is 40.9 Å². The topological polar surface area (TPSA) is 75.6 Å². The second-order valence-electron chi connectivity index (χ2n) is 5.40. The molecule has 0 bridgehead atoms. The molecule has 7 heteroatoms. The first-order valence-electron chi connectivity index (χ1n) is 7.85. The van der Waals surface area contributed by atoms with Crippen LogP contribution in [0.5, 0.6) is 11.5 Å². The van der Waals surface area contributed by atoms with Gasteiger partial charge in [0.1, 0.15) is 17.2 Å². The summed E-state index contributed by atoms with van der Waals surface area (Å²) in [5.74, 6) is -0.606. The summed E-state index contributed by atoms with van der Waals surface area (Å²) in [6.07, 6.45) is 1.38. The molecule has 0 fully saturated rings. The second kappa shape index (κ2) is 8.53. The van der Waals surface area contributed by atoms with E-state index < -0.39 is 11.9 Å². The summed E-state index contributed by atoms with van der Waals surface area (Å²) in [5.41, 5.74) is 0.388. The molecule has 1 heterocycles. The van der Waals surface area contributed by atoms with Gasteiger partial charge in [-0.2, -0.15) is 0 Å². The number of carbonyl (C=O) groups excluding carboxylic acids is 1. The number of hydrogen-bond acceptors (Lipinski definition) is 4. The number of amides is 1. The van der Waals surface area contributed by atoms with Gasteiger partial charge >= 0.3 is 5.97 Å². The Labute approximate surface area is 164 Å². The van der Waals surface area contributed by atoms with Gasteiger partial charge in [0.25, 0.3) is 5.91 Å². The van der Waals surface area contributed by atoms with Crippen molar-refractivity contribution in [3.8, 4) is 11.5 Å². The Hall–Kier alpha value is -3.09. The zero-order chi connectivity index (χ0) is 19.2. The maximum Gasteiger partial charge on any atom is 0.352 e. The quantitative estimate of drug-likeness (QED) is 0.569. The Balaban J connectivity index is 1.75. The highest BCUT2D eigenvalue weighted by atomic mass is 35.5. The Morgan fingerprint density at radius 2 is 1.78 bits per heavy atom. The van der Waals surface area contributed by atoms with Crippen LogP contribution in [0.4, 0.5) is 0 Å². The SMILES string of the molecule is O=C(O)/C(=C\c1ccc(Oc2ccccc2Cl)cc1)NC(=O)c1cccs1. The third-order valence-corrected chi connectivity index (χ3v) is 4.66. The van der Waals surface area contributed by atoms with Crippen LogP contribution in [0.15, 0.2) is 71.7 Å². The molecule has 27 heavy (non-hydrogen) atoms. The van der Waals surface area contributed by atoms with Crippen LogP contribution in [0.1, 0.15) is 15.2 Å². The molecule has 0 unspecified atom stereocenters. The molecule has 0 aliphatic rings. The first-order valence-corrected chi connectivity index (χ1v) is 9.11. The van der Waals surface area contributed by atoms with Gasteiger partial charge in [-0.3, -0.25) is 4.79 Å². The number of hydrogen-bond donors (Lipinski definition) is 2. The molecule has 0 atom stereocenters. The Morgan fingerprint density at radius 3 is 2.41 bits per heavy atom. The van der Waals surface area contributed by atoms with E-state index >= 15 is 0 Å². The lowest BCUT2D eigenvalue weighted by Gasteiger charge is -2.08. The lowest BCUT2D eigenvalue weighted by atomic mass is 10.2. The largest absolute Gasteiger partial charge is 0.477 e. The van der Waals surface area contributed by atoms with Crippen molar-refractivity contribution in [2.45, 2.75) is 0 Å². The molecular formula is C20H14ClNO4S. The Kier molecular flexibility index (Phi) is 5.90. The fraction of sp³-hybridized carbons (Fsp3) is 0. The predicted octanol–water partition coefficient (Wildman–Crippen LogP) is 5.05. The molecule has 0 aliphatic heterocycles. The summed E-state index contributed by atoms with van der Waals surface area (Å²) in [5, 5.41) is 14.0. The molecule has 0 saturated heterocycles. The van der Waals surface area contributed by atoms with Crippen LogP contribution in [0.2, 0.25) is 5.02 Å². The van der Waals surface area contributed by atoms with E-state index in [-0.39, 0.29) is 5.70 Å². The second-order valence-corrected chi connectivity index (χ2v) is 6.75. The summed E-state index contributed by atoms with van der Waals surface area (Å²) in [4.78, 5) is 23.9. The van der Waals surface area contributed by atoms with Crippen molar-refractivity contribution in [2.75, 3.05) is 0 Å². The van der Waals surface area contributed by atoms with Crippen LogP contribution in [0.25, 0.3) is 6.08 Å². The number of rotatable bonds is 6. The molecule has 0 saturated carbocycles. The van der Waals surface area contributed by atoms with Gasteiger partial charge in [0, 0.05) is 0 Å². The Bertz CT molecular complexity index is 981. The number of benzene rings is 2. The summed E-state index contributed by atoms with van der Waals surface area (Å²) in [6.45, 7) is 0. The first kappa shape index (κ1) is 18.7. The number of nitrogens with one attached hydrogen (secondary N) is 1. The minimum absolute atomic E-state index is 0.215. The van der Waals surface area contributed by atoms with Gasteiger partial charge in [0.2, 0.25) is 0 Å². The number of para-hydroxylation sites is 1. The van der Waals surface area contributed by atoms with Crippen LogP contribution in [0.3, 0.4) is 0 Å². The van der Waals surface area contributed by atoms with Gasteiger partial charge in [0.15, 0.2) is 0 Å². The molecule has 3 aromatic rings. The average molecular weight is 400 g/mol. The summed E-state index contributed by atoms with van der Waals surface area (Å²) < 4.78 is 5.69. The van der Waals surface area contributed by atoms with Crippen LogP contribution in [-0.2, 0) is 4.79 Å². The molecular weight excluding hydrogens is 386 g/mol. The van der Waals surface area contributed by atoms with E-state index in [9.17, 15) is 14.7 Å². The van der Waals surface area contributed by atoms with Crippen molar-refractivity contribution in [1.29, 1.82) is 0 Å². The molecule has 3 rings (SSSR count). The smallest absolute Gasteiger partial charge is 0.352 e. The average Bonchev–Trinajstić information content (AvgIpc) is 3.19. The van der Waals surface area contributed by atoms with Crippen LogP contribution >= 0.6 is 22.9 Å². The molecule has 2 N–H and O–H groups in total. The van der Waals surface area contributed by atoms with Gasteiger partial charge in [-0.25, -0.2) is 4.79 Å². The number of carboxylic acid groups (broad SMARTS) is 1. The lowest BCUT2D eigenvalue weighted by molar-refractivity contribution is -0.132. The highest BCUT2D eigenvalue weighted by molar-refractivity contribution is 7.12. The van der Waals surface area contributed by atoms with Crippen LogP contribution < -0.4 is 10.1 Å². The van der Waals surface area contributed by atoms with Crippen LogP contribution in [-0.4, -0.2) is 17.0 Å². The van der Waals surface area contributed by atoms with E-state index in [1.165, 1.54) is 17.4 Å². The number of carbonyl (C=O) groups is 2. The number of ether oxygens (including phenoxy) is 1. The number of aliphatic carboxylic acids is 1. The van der Waals surface area contributed by atoms with Gasteiger partial charge in [-0.05, 0) is 47.4 Å². The molecule has 0 radical (unpaired) electrons. The van der Waals surface area contributed by atoms with Crippen molar-refractivity contribution < 1.29 is 19.4 Å². The first-order chi connectivity index (χ1) is 13.0. The summed E-state index contributed by atoms with van der Waals surface area (Å²) >= 11 is 7.30. The van der Waals surface area contributed by atoms with Gasteiger partial charge in [-0.1, -0.05) is 41.9 Å². The third-order valence-electron chi connectivity index (χ3n) is 3.48. The normalized spacial score (nSPS) is 11.1. The predicted molar refractivity (Wildman–Crippen MR) is 105 cm³/mol. The summed E-state index contributed by atoms with van der Waals surface area (Å²) in [6, 6.07) is 17.2. The lowest BCUT2D eigenvalue weighted by Crippen LogP contribution is -2.26. The van der Waals surface area contributed by atoms with E-state index in [0.717, 1.165) is 0 Å². The maximum absolute atomic E-state index is 12.1. The Morgan fingerprint density at radius 1 is 1.04 bits per heavy atom. The molecule has 1 aromatic heterocycles. The van der Waals surface area contributed by atoms with E-state index in [4.69, 9.17) is 16.3 Å². The molecule has 0 aliphatic carbocycles. The van der Waals surface area contributed by atoms with E-state index in [0.29, 0.717) is 27.0 Å². The molecule has 0 spiro atoms. The van der Waals surface area contributed by atoms with E-state index in [1.54, 1.807) is 60.0 Å². The van der Waals surface area contributed by atoms with Crippen molar-refractivity contribution in [3.63, 3.8) is 0 Å². The standard InChI is InChI=1S/C20H14ClNO4S/c21-15-4-1-2-5-17(15)26-14-9-7-13(8-10-14)12-16(20(24)25)22-19(23)18-6-3-11-27-18/h1-12H,(H,22,23)(H,24,25)/b16-12+. The molecule has 5 nitrogen and oxygen atoms in total. The van der Waals surface area contributed by atoms with Crippen LogP contribution in [0, 0.1) is 0 Å². The van der Waals surface area contributed by atoms with Crippen molar-refractivity contribution in [1.82, 2.24) is 5.32 Å². The molecule has 136 valence electrons. The number of carboxylic acids is 1. The molecule has 1 amide bonds. The monoisotopic (exact) mass is 399 g/mol. The fourth-order valence-corrected chi connectivity index (χ4v) is 2.99. The van der Waals surface area contributed by atoms with E-state index in [1.807, 2.05) is 6.07 Å². The minimum atomic E-state index is -1.23. The number of thiophene rings is 1. The summed E-state index contributed by atoms with van der Waals surface area (Å²) in [7, 11) is 0. The van der Waals surface area contributed by atoms with E-state index in [2.05, 4.69) is 5.32 Å². The highest BCUT2D eigenvalue weighted by Gasteiger charge is 2.14. The third kappa shape index (κ3) is 4.97.